The average Bonchev–Trinajstić information content (AvgIpc) is 2.46. The van der Waals surface area contributed by atoms with Crippen LogP contribution in [0.15, 0.2) is 24.3 Å². The van der Waals surface area contributed by atoms with Gasteiger partial charge in [0.1, 0.15) is 0 Å². The summed E-state index contributed by atoms with van der Waals surface area (Å²) < 4.78 is 0. The third-order valence-corrected chi connectivity index (χ3v) is 3.69. The lowest BCUT2D eigenvalue weighted by atomic mass is 10.1. The number of nitro groups is 1. The summed E-state index contributed by atoms with van der Waals surface area (Å²) in [7, 11) is 0. The van der Waals surface area contributed by atoms with Crippen molar-refractivity contribution in [1.82, 2.24) is 9.80 Å². The van der Waals surface area contributed by atoms with E-state index in [2.05, 4.69) is 4.90 Å². The lowest BCUT2D eigenvalue weighted by Gasteiger charge is -2.33. The minimum Gasteiger partial charge on any atom is -0.480 e. The maximum absolute atomic E-state index is 10.6. The Balaban J connectivity index is 1.74. The predicted molar refractivity (Wildman–Crippen MR) is 77.3 cm³/mol. The van der Waals surface area contributed by atoms with Gasteiger partial charge in [-0.05, 0) is 12.0 Å². The van der Waals surface area contributed by atoms with Gasteiger partial charge >= 0.3 is 5.97 Å². The van der Waals surface area contributed by atoms with Crippen molar-refractivity contribution in [2.75, 3.05) is 39.3 Å². The first-order chi connectivity index (χ1) is 10.0. The zero-order chi connectivity index (χ0) is 15.2. The number of nitrogens with zero attached hydrogens (tertiary/aromatic N) is 3. The first-order valence-corrected chi connectivity index (χ1v) is 6.94. The molecule has 1 aromatic carbocycles. The molecule has 0 aromatic heterocycles. The molecule has 1 heterocycles. The molecule has 1 fully saturated rings. The van der Waals surface area contributed by atoms with Crippen LogP contribution in [0.4, 0.5) is 5.69 Å². The molecule has 0 saturated carbocycles. The van der Waals surface area contributed by atoms with Crippen molar-refractivity contribution in [3.8, 4) is 0 Å². The van der Waals surface area contributed by atoms with Gasteiger partial charge in [0.25, 0.3) is 5.69 Å². The molecule has 7 heteroatoms. The maximum atomic E-state index is 10.6. The quantitative estimate of drug-likeness (QED) is 0.618. The predicted octanol–water partition coefficient (Wildman–Crippen LogP) is 0.840. The molecule has 0 amide bonds. The van der Waals surface area contributed by atoms with Crippen LogP contribution in [0, 0.1) is 10.1 Å². The molecule has 7 nitrogen and oxygen atoms in total. The highest BCUT2D eigenvalue weighted by Gasteiger charge is 2.18. The number of rotatable bonds is 6. The van der Waals surface area contributed by atoms with E-state index in [0.717, 1.165) is 44.7 Å². The van der Waals surface area contributed by atoms with Crippen molar-refractivity contribution < 1.29 is 14.8 Å². The fourth-order valence-corrected chi connectivity index (χ4v) is 2.43. The summed E-state index contributed by atoms with van der Waals surface area (Å²) in [6.07, 6.45) is 0.844. The molecule has 0 atom stereocenters. The molecule has 1 saturated heterocycles. The lowest BCUT2D eigenvalue weighted by molar-refractivity contribution is -0.384. The molecule has 1 aliphatic heterocycles. The van der Waals surface area contributed by atoms with E-state index < -0.39 is 10.9 Å². The molecule has 0 bridgehead atoms. The van der Waals surface area contributed by atoms with Gasteiger partial charge in [-0.25, -0.2) is 0 Å². The van der Waals surface area contributed by atoms with E-state index >= 15 is 0 Å². The normalized spacial score (nSPS) is 16.8. The number of non-ortho nitro benzene ring substituents is 1. The van der Waals surface area contributed by atoms with Crippen molar-refractivity contribution in [3.63, 3.8) is 0 Å². The van der Waals surface area contributed by atoms with Crippen LogP contribution in [-0.2, 0) is 11.2 Å². The standard InChI is InChI=1S/C14H19N3O4/c18-14(19)11-16-9-7-15(8-10-16)6-5-12-1-3-13(4-2-12)17(20)21/h1-4H,5-11H2,(H,18,19). The molecule has 21 heavy (non-hydrogen) atoms. The number of carboxylic acids is 1. The third-order valence-electron chi connectivity index (χ3n) is 3.69. The smallest absolute Gasteiger partial charge is 0.317 e. The number of carbonyl (C=O) groups is 1. The van der Waals surface area contributed by atoms with Crippen LogP contribution in [0.2, 0.25) is 0 Å². The number of carboxylic acid groups (broad SMARTS) is 1. The summed E-state index contributed by atoms with van der Waals surface area (Å²) >= 11 is 0. The Morgan fingerprint density at radius 1 is 1.14 bits per heavy atom. The van der Waals surface area contributed by atoms with Gasteiger partial charge < -0.3 is 10.0 Å². The van der Waals surface area contributed by atoms with Crippen LogP contribution in [0.3, 0.4) is 0 Å². The fraction of sp³-hybridized carbons (Fsp3) is 0.500. The monoisotopic (exact) mass is 293 g/mol. The Morgan fingerprint density at radius 3 is 2.24 bits per heavy atom. The lowest BCUT2D eigenvalue weighted by Crippen LogP contribution is -2.48. The van der Waals surface area contributed by atoms with Gasteiger partial charge in [-0.2, -0.15) is 0 Å². The highest BCUT2D eigenvalue weighted by Crippen LogP contribution is 2.13. The van der Waals surface area contributed by atoms with Crippen molar-refractivity contribution in [1.29, 1.82) is 0 Å². The highest BCUT2D eigenvalue weighted by atomic mass is 16.6. The first kappa shape index (κ1) is 15.4. The van der Waals surface area contributed by atoms with Gasteiger partial charge in [-0.15, -0.1) is 0 Å². The summed E-state index contributed by atoms with van der Waals surface area (Å²) in [5.74, 6) is -0.783. The van der Waals surface area contributed by atoms with Gasteiger partial charge in [-0.1, -0.05) is 12.1 Å². The van der Waals surface area contributed by atoms with Crippen LogP contribution in [0.1, 0.15) is 5.56 Å². The number of piperazine rings is 1. The number of hydrogen-bond acceptors (Lipinski definition) is 5. The molecule has 2 rings (SSSR count). The third kappa shape index (κ3) is 4.80. The molecule has 0 aliphatic carbocycles. The van der Waals surface area contributed by atoms with Gasteiger partial charge in [0.15, 0.2) is 0 Å². The second-order valence-electron chi connectivity index (χ2n) is 5.19. The molecule has 114 valence electrons. The van der Waals surface area contributed by atoms with E-state index in [9.17, 15) is 14.9 Å². The Labute approximate surface area is 122 Å². The van der Waals surface area contributed by atoms with Crippen LogP contribution < -0.4 is 0 Å². The molecule has 1 aliphatic rings. The van der Waals surface area contributed by atoms with E-state index in [0.29, 0.717) is 0 Å². The summed E-state index contributed by atoms with van der Waals surface area (Å²) in [6, 6.07) is 6.64. The molecular weight excluding hydrogens is 274 g/mol. The second kappa shape index (κ2) is 7.14. The summed E-state index contributed by atoms with van der Waals surface area (Å²) in [4.78, 5) is 25.0. The highest BCUT2D eigenvalue weighted by molar-refractivity contribution is 5.69. The van der Waals surface area contributed by atoms with Crippen molar-refractivity contribution in [2.45, 2.75) is 6.42 Å². The maximum Gasteiger partial charge on any atom is 0.317 e. The van der Waals surface area contributed by atoms with E-state index in [4.69, 9.17) is 5.11 Å². The molecule has 1 N–H and O–H groups in total. The second-order valence-corrected chi connectivity index (χ2v) is 5.19. The number of nitro benzene ring substituents is 1. The van der Waals surface area contributed by atoms with Gasteiger partial charge in [0.05, 0.1) is 11.5 Å². The largest absolute Gasteiger partial charge is 0.480 e. The zero-order valence-corrected chi connectivity index (χ0v) is 11.8. The van der Waals surface area contributed by atoms with E-state index in [1.807, 2.05) is 4.90 Å². The number of aliphatic carboxylic acids is 1. The Morgan fingerprint density at radius 2 is 1.71 bits per heavy atom. The summed E-state index contributed by atoms with van der Waals surface area (Å²) in [6.45, 7) is 4.26. The van der Waals surface area contributed by atoms with Crippen LogP contribution in [-0.4, -0.2) is 65.1 Å². The summed E-state index contributed by atoms with van der Waals surface area (Å²) in [5, 5.41) is 19.3. The van der Waals surface area contributed by atoms with Crippen molar-refractivity contribution >= 4 is 11.7 Å². The first-order valence-electron chi connectivity index (χ1n) is 6.94. The number of benzene rings is 1. The number of hydrogen-bond donors (Lipinski definition) is 1. The van der Waals surface area contributed by atoms with Crippen LogP contribution in [0.5, 0.6) is 0 Å². The van der Waals surface area contributed by atoms with Crippen LogP contribution >= 0.6 is 0 Å². The van der Waals surface area contributed by atoms with E-state index in [1.54, 1.807) is 12.1 Å². The Bertz CT molecular complexity index is 495. The Kier molecular flexibility index (Phi) is 5.24. The van der Waals surface area contributed by atoms with Gasteiger partial charge in [-0.3, -0.25) is 19.8 Å². The molecule has 1 aromatic rings. The average molecular weight is 293 g/mol. The topological polar surface area (TPSA) is 86.9 Å². The van der Waals surface area contributed by atoms with Gasteiger partial charge in [0.2, 0.25) is 0 Å². The van der Waals surface area contributed by atoms with E-state index in [-0.39, 0.29) is 12.2 Å². The SMILES string of the molecule is O=C(O)CN1CCN(CCc2ccc([N+](=O)[O-])cc2)CC1. The minimum atomic E-state index is -0.783. The Hall–Kier alpha value is -1.99. The zero-order valence-electron chi connectivity index (χ0n) is 11.8. The van der Waals surface area contributed by atoms with Gasteiger partial charge in [0, 0.05) is 44.9 Å². The van der Waals surface area contributed by atoms with Crippen molar-refractivity contribution in [3.05, 3.63) is 39.9 Å². The minimum absolute atomic E-state index is 0.107. The fourth-order valence-electron chi connectivity index (χ4n) is 2.43. The van der Waals surface area contributed by atoms with Crippen LogP contribution in [0.25, 0.3) is 0 Å². The molecule has 0 unspecified atom stereocenters. The summed E-state index contributed by atoms with van der Waals surface area (Å²) in [5.41, 5.74) is 1.19. The molecule has 0 spiro atoms. The van der Waals surface area contributed by atoms with Crippen molar-refractivity contribution in [2.24, 2.45) is 0 Å². The molecule has 0 radical (unpaired) electrons. The van der Waals surface area contributed by atoms with E-state index in [1.165, 1.54) is 12.1 Å². The molecular formula is C14H19N3O4.